The molecular weight excluding hydrogens is 452 g/mol. The number of tetrazole rings is 1. The molecule has 0 fully saturated rings. The molecular formula is C27H30N8O. The Morgan fingerprint density at radius 1 is 1.00 bits per heavy atom. The van der Waals surface area contributed by atoms with Gasteiger partial charge in [0.1, 0.15) is 5.82 Å². The molecule has 0 spiro atoms. The maximum Gasteiger partial charge on any atom is 0.334 e. The monoisotopic (exact) mass is 482 g/mol. The van der Waals surface area contributed by atoms with Crippen molar-refractivity contribution in [1.82, 2.24) is 39.3 Å². The third kappa shape index (κ3) is 4.39. The second-order valence-corrected chi connectivity index (χ2v) is 9.85. The summed E-state index contributed by atoms with van der Waals surface area (Å²) >= 11 is 0. The molecule has 36 heavy (non-hydrogen) atoms. The Balaban J connectivity index is 1.48. The highest BCUT2D eigenvalue weighted by Crippen LogP contribution is 2.28. The van der Waals surface area contributed by atoms with Gasteiger partial charge in [-0.1, -0.05) is 43.7 Å². The average Bonchev–Trinajstić information content (AvgIpc) is 3.62. The fourth-order valence-electron chi connectivity index (χ4n) is 4.49. The van der Waals surface area contributed by atoms with Gasteiger partial charge in [-0.05, 0) is 56.2 Å². The molecule has 184 valence electrons. The van der Waals surface area contributed by atoms with Gasteiger partial charge in [0.2, 0.25) is 5.82 Å². The third-order valence-corrected chi connectivity index (χ3v) is 6.22. The molecule has 5 aromatic rings. The maximum atomic E-state index is 13.6. The van der Waals surface area contributed by atoms with E-state index in [2.05, 4.69) is 52.9 Å². The number of nitrogens with one attached hydrogen (secondary N) is 1. The number of aromatic nitrogens is 8. The van der Waals surface area contributed by atoms with Crippen molar-refractivity contribution in [2.45, 2.75) is 52.6 Å². The second kappa shape index (κ2) is 9.41. The van der Waals surface area contributed by atoms with Gasteiger partial charge >= 0.3 is 5.69 Å². The Hall–Kier alpha value is -4.27. The first kappa shape index (κ1) is 23.5. The van der Waals surface area contributed by atoms with Gasteiger partial charge in [0, 0.05) is 41.0 Å². The van der Waals surface area contributed by atoms with E-state index in [1.807, 2.05) is 71.7 Å². The van der Waals surface area contributed by atoms with Crippen LogP contribution >= 0.6 is 0 Å². The number of aryl methyl sites for hydroxylation is 1. The van der Waals surface area contributed by atoms with Gasteiger partial charge < -0.3 is 4.57 Å². The van der Waals surface area contributed by atoms with Gasteiger partial charge in [-0.25, -0.2) is 4.79 Å². The van der Waals surface area contributed by atoms with E-state index in [9.17, 15) is 4.79 Å². The zero-order chi connectivity index (χ0) is 25.3. The predicted molar refractivity (Wildman–Crippen MR) is 139 cm³/mol. The minimum absolute atomic E-state index is 0.0471. The molecule has 0 saturated heterocycles. The number of benzene rings is 1. The lowest BCUT2D eigenvalue weighted by molar-refractivity contribution is 0.393. The van der Waals surface area contributed by atoms with E-state index in [1.54, 1.807) is 4.57 Å². The number of imidazole rings is 1. The molecule has 0 aliphatic heterocycles. The topological polar surface area (TPSA) is 99.2 Å². The lowest BCUT2D eigenvalue weighted by Gasteiger charge is -2.24. The van der Waals surface area contributed by atoms with Crippen LogP contribution in [0.25, 0.3) is 28.5 Å². The summed E-state index contributed by atoms with van der Waals surface area (Å²) in [5, 5.41) is 14.4. The van der Waals surface area contributed by atoms with Gasteiger partial charge in [-0.2, -0.15) is 5.21 Å². The fraction of sp³-hybridized carbons (Fsp3) is 0.296. The zero-order valence-corrected chi connectivity index (χ0v) is 21.0. The van der Waals surface area contributed by atoms with Crippen LogP contribution in [0, 0.1) is 0 Å². The Bertz CT molecular complexity index is 1520. The molecule has 1 N–H and O–H groups in total. The summed E-state index contributed by atoms with van der Waals surface area (Å²) in [6.45, 7) is 8.99. The molecule has 4 heterocycles. The van der Waals surface area contributed by atoms with E-state index < -0.39 is 0 Å². The molecule has 0 bridgehead atoms. The number of hydrogen-bond donors (Lipinski definition) is 1. The summed E-state index contributed by atoms with van der Waals surface area (Å²) in [7, 11) is 0. The van der Waals surface area contributed by atoms with Crippen LogP contribution in [-0.2, 0) is 18.5 Å². The molecule has 1 aromatic carbocycles. The van der Waals surface area contributed by atoms with E-state index in [1.165, 1.54) is 0 Å². The number of H-pyrrole nitrogens is 1. The first-order valence-electron chi connectivity index (χ1n) is 12.1. The SMILES string of the molecule is CCCc1cn(-c2cccn2C(C)(C)C)c(=O)n1Cc1ccc(-c2ccccc2-c2nn[nH]n2)nc1. The van der Waals surface area contributed by atoms with Crippen LogP contribution in [0.5, 0.6) is 0 Å². The van der Waals surface area contributed by atoms with Crippen LogP contribution in [0.1, 0.15) is 45.4 Å². The molecule has 0 aliphatic rings. The number of aromatic amines is 1. The van der Waals surface area contributed by atoms with Crippen LogP contribution in [0.3, 0.4) is 0 Å². The molecule has 0 radical (unpaired) electrons. The van der Waals surface area contributed by atoms with E-state index in [-0.39, 0.29) is 11.2 Å². The number of nitrogens with zero attached hydrogens (tertiary/aromatic N) is 7. The Kier molecular flexibility index (Phi) is 6.13. The lowest BCUT2D eigenvalue weighted by Crippen LogP contribution is -2.29. The van der Waals surface area contributed by atoms with Crippen molar-refractivity contribution in [3.8, 4) is 28.5 Å². The van der Waals surface area contributed by atoms with Gasteiger partial charge in [0.15, 0.2) is 0 Å². The molecule has 0 saturated carbocycles. The smallest absolute Gasteiger partial charge is 0.329 e. The van der Waals surface area contributed by atoms with Crippen molar-refractivity contribution in [1.29, 1.82) is 0 Å². The van der Waals surface area contributed by atoms with Crippen LogP contribution < -0.4 is 5.69 Å². The molecule has 9 heteroatoms. The fourth-order valence-corrected chi connectivity index (χ4v) is 4.49. The number of hydrogen-bond acceptors (Lipinski definition) is 5. The quantitative estimate of drug-likeness (QED) is 0.370. The maximum absolute atomic E-state index is 13.6. The highest BCUT2D eigenvalue weighted by Gasteiger charge is 2.20. The molecule has 5 rings (SSSR count). The van der Waals surface area contributed by atoms with Crippen molar-refractivity contribution in [3.63, 3.8) is 0 Å². The number of rotatable bonds is 7. The Labute approximate surface area is 209 Å². The summed E-state index contributed by atoms with van der Waals surface area (Å²) in [5.41, 5.74) is 4.36. The van der Waals surface area contributed by atoms with Crippen LogP contribution in [0.15, 0.2) is 71.9 Å². The van der Waals surface area contributed by atoms with Crippen molar-refractivity contribution in [2.24, 2.45) is 0 Å². The van der Waals surface area contributed by atoms with Crippen molar-refractivity contribution in [2.75, 3.05) is 0 Å². The van der Waals surface area contributed by atoms with E-state index in [4.69, 9.17) is 4.98 Å². The molecule has 0 aliphatic carbocycles. The van der Waals surface area contributed by atoms with Gasteiger partial charge in [0.05, 0.1) is 12.2 Å². The van der Waals surface area contributed by atoms with E-state index >= 15 is 0 Å². The van der Waals surface area contributed by atoms with Gasteiger partial charge in [-0.3, -0.25) is 14.1 Å². The minimum atomic E-state index is -0.136. The molecule has 0 atom stereocenters. The predicted octanol–water partition coefficient (Wildman–Crippen LogP) is 4.44. The summed E-state index contributed by atoms with van der Waals surface area (Å²) in [5.74, 6) is 1.39. The van der Waals surface area contributed by atoms with Crippen LogP contribution in [0.2, 0.25) is 0 Å². The van der Waals surface area contributed by atoms with Crippen molar-refractivity contribution < 1.29 is 0 Å². The standard InChI is InChI=1S/C27H30N8O/c1-5-9-20-18-34(24-12-8-15-35(24)27(2,3)4)26(36)33(20)17-19-13-14-23(28-16-19)21-10-6-7-11-22(21)25-29-31-32-30-25/h6-8,10-16,18H,5,9,17H2,1-4H3,(H,29,30,31,32). The molecule has 0 unspecified atom stereocenters. The van der Waals surface area contributed by atoms with Gasteiger partial charge in [0.25, 0.3) is 0 Å². The highest BCUT2D eigenvalue weighted by atomic mass is 16.1. The van der Waals surface area contributed by atoms with Gasteiger partial charge in [-0.15, -0.1) is 10.2 Å². The third-order valence-electron chi connectivity index (χ3n) is 6.22. The van der Waals surface area contributed by atoms with E-state index in [0.29, 0.717) is 12.4 Å². The normalized spacial score (nSPS) is 11.8. The lowest BCUT2D eigenvalue weighted by atomic mass is 10.0. The largest absolute Gasteiger partial charge is 0.334 e. The minimum Gasteiger partial charge on any atom is -0.329 e. The molecule has 9 nitrogen and oxygen atoms in total. The zero-order valence-electron chi connectivity index (χ0n) is 21.0. The van der Waals surface area contributed by atoms with E-state index in [0.717, 1.165) is 46.7 Å². The van der Waals surface area contributed by atoms with Crippen molar-refractivity contribution >= 4 is 0 Å². The van der Waals surface area contributed by atoms with Crippen LogP contribution in [0.4, 0.5) is 0 Å². The molecule has 4 aromatic heterocycles. The number of pyridine rings is 1. The second-order valence-electron chi connectivity index (χ2n) is 9.85. The summed E-state index contributed by atoms with van der Waals surface area (Å²) < 4.78 is 5.75. The summed E-state index contributed by atoms with van der Waals surface area (Å²) in [6, 6.07) is 15.8. The highest BCUT2D eigenvalue weighted by molar-refractivity contribution is 5.78. The van der Waals surface area contributed by atoms with Crippen LogP contribution in [-0.4, -0.2) is 39.3 Å². The van der Waals surface area contributed by atoms with Crippen molar-refractivity contribution in [3.05, 3.63) is 88.9 Å². The first-order chi connectivity index (χ1) is 17.4. The Morgan fingerprint density at radius 2 is 1.81 bits per heavy atom. The molecule has 0 amide bonds. The summed E-state index contributed by atoms with van der Waals surface area (Å²) in [4.78, 5) is 18.3. The summed E-state index contributed by atoms with van der Waals surface area (Å²) in [6.07, 6.45) is 7.61. The first-order valence-corrected chi connectivity index (χ1v) is 12.1. The average molecular weight is 483 g/mol. The Morgan fingerprint density at radius 3 is 2.47 bits per heavy atom.